The molecule has 0 radical (unpaired) electrons. The zero-order valence-electron chi connectivity index (χ0n) is 19.3. The Balaban J connectivity index is 1.21. The SMILES string of the molecule is Cn1nccc1-c1cccc(NC(=O)NCc2ccc3c(c2)C(=O)N(C2CCC(=O)CC2=O)C3)c1. The monoisotopic (exact) mass is 471 g/mol. The molecule has 1 saturated carbocycles. The normalized spacial score (nSPS) is 17.5. The third-order valence-electron chi connectivity index (χ3n) is 6.51. The average molecular weight is 472 g/mol. The molecule has 9 heteroatoms. The molecule has 1 aliphatic carbocycles. The molecule has 2 N–H and O–H groups in total. The fourth-order valence-corrected chi connectivity index (χ4v) is 4.69. The zero-order valence-corrected chi connectivity index (χ0v) is 19.3. The molecule has 1 aromatic heterocycles. The van der Waals surface area contributed by atoms with Crippen molar-refractivity contribution >= 4 is 29.2 Å². The fourth-order valence-electron chi connectivity index (χ4n) is 4.69. The molecule has 0 spiro atoms. The van der Waals surface area contributed by atoms with Gasteiger partial charge in [0.05, 0.1) is 18.2 Å². The van der Waals surface area contributed by atoms with Crippen LogP contribution in [-0.2, 0) is 29.7 Å². The number of benzene rings is 2. The first-order chi connectivity index (χ1) is 16.9. The number of carbonyl (C=O) groups is 4. The van der Waals surface area contributed by atoms with Crippen LogP contribution in [0.3, 0.4) is 0 Å². The quantitative estimate of drug-likeness (QED) is 0.556. The summed E-state index contributed by atoms with van der Waals surface area (Å²) in [5, 5.41) is 9.83. The van der Waals surface area contributed by atoms with E-state index in [1.807, 2.05) is 49.5 Å². The summed E-state index contributed by atoms with van der Waals surface area (Å²) in [7, 11) is 1.86. The maximum atomic E-state index is 13.0. The van der Waals surface area contributed by atoms with Gasteiger partial charge in [-0.1, -0.05) is 24.3 Å². The molecule has 35 heavy (non-hydrogen) atoms. The summed E-state index contributed by atoms with van der Waals surface area (Å²) in [6.45, 7) is 0.602. The van der Waals surface area contributed by atoms with Gasteiger partial charge in [-0.2, -0.15) is 5.10 Å². The standard InChI is InChI=1S/C26H25N5O4/c1-30-22(9-10-28-30)17-3-2-4-19(12-17)29-26(35)27-14-16-5-6-18-15-31(25(34)21(18)11-16)23-8-7-20(32)13-24(23)33/h2-6,9-12,23H,7-8,13-15H2,1H3,(H2,27,29,35). The third-order valence-corrected chi connectivity index (χ3v) is 6.51. The molecular weight excluding hydrogens is 446 g/mol. The highest BCUT2D eigenvalue weighted by Crippen LogP contribution is 2.29. The van der Waals surface area contributed by atoms with E-state index in [0.29, 0.717) is 30.6 Å². The molecule has 1 aliphatic heterocycles. The van der Waals surface area contributed by atoms with Crippen molar-refractivity contribution in [2.75, 3.05) is 5.32 Å². The Hall–Kier alpha value is -4.27. The molecule has 3 amide bonds. The largest absolute Gasteiger partial charge is 0.334 e. The Morgan fingerprint density at radius 1 is 1.11 bits per heavy atom. The van der Waals surface area contributed by atoms with Crippen molar-refractivity contribution in [3.05, 3.63) is 71.4 Å². The number of urea groups is 1. The zero-order chi connectivity index (χ0) is 24.5. The smallest absolute Gasteiger partial charge is 0.319 e. The number of nitrogens with zero attached hydrogens (tertiary/aromatic N) is 3. The Morgan fingerprint density at radius 2 is 1.97 bits per heavy atom. The molecule has 2 aliphatic rings. The number of carbonyl (C=O) groups excluding carboxylic acids is 4. The highest BCUT2D eigenvalue weighted by atomic mass is 16.2. The lowest BCUT2D eigenvalue weighted by Gasteiger charge is -2.29. The van der Waals surface area contributed by atoms with E-state index < -0.39 is 6.04 Å². The van der Waals surface area contributed by atoms with Crippen molar-refractivity contribution < 1.29 is 19.2 Å². The minimum Gasteiger partial charge on any atom is -0.334 e. The van der Waals surface area contributed by atoms with Crippen molar-refractivity contribution in [2.24, 2.45) is 7.05 Å². The van der Waals surface area contributed by atoms with Crippen LogP contribution in [0, 0.1) is 0 Å². The molecule has 0 bridgehead atoms. The number of ketones is 2. The molecule has 0 saturated heterocycles. The minimum absolute atomic E-state index is 0.0641. The summed E-state index contributed by atoms with van der Waals surface area (Å²) in [5.41, 5.74) is 4.69. The van der Waals surface area contributed by atoms with Crippen LogP contribution in [0.25, 0.3) is 11.3 Å². The van der Waals surface area contributed by atoms with Gasteiger partial charge < -0.3 is 15.5 Å². The molecule has 5 rings (SSSR count). The van der Waals surface area contributed by atoms with E-state index in [0.717, 1.165) is 22.4 Å². The van der Waals surface area contributed by atoms with Crippen molar-refractivity contribution in [1.82, 2.24) is 20.0 Å². The van der Waals surface area contributed by atoms with Crippen LogP contribution in [0.1, 0.15) is 40.7 Å². The van der Waals surface area contributed by atoms with Gasteiger partial charge in [0, 0.05) is 49.6 Å². The van der Waals surface area contributed by atoms with Crippen LogP contribution in [0.2, 0.25) is 0 Å². The topological polar surface area (TPSA) is 113 Å². The summed E-state index contributed by atoms with van der Waals surface area (Å²) in [6.07, 6.45) is 2.33. The van der Waals surface area contributed by atoms with E-state index in [9.17, 15) is 19.2 Å². The predicted molar refractivity (Wildman–Crippen MR) is 128 cm³/mol. The summed E-state index contributed by atoms with van der Waals surface area (Å²) in [5.74, 6) is -0.454. The van der Waals surface area contributed by atoms with Gasteiger partial charge in [-0.3, -0.25) is 19.1 Å². The first kappa shape index (κ1) is 22.5. The number of amides is 3. The number of Topliss-reactive ketones (excluding diaryl/α,β-unsaturated/α-hetero) is 2. The Kier molecular flexibility index (Phi) is 5.90. The molecular formula is C26H25N5O4. The molecule has 1 fully saturated rings. The second-order valence-electron chi connectivity index (χ2n) is 8.89. The van der Waals surface area contributed by atoms with Gasteiger partial charge in [0.25, 0.3) is 5.91 Å². The lowest BCUT2D eigenvalue weighted by atomic mass is 9.92. The summed E-state index contributed by atoms with van der Waals surface area (Å²) < 4.78 is 1.76. The number of fused-ring (bicyclic) bond motifs is 1. The minimum atomic E-state index is -0.540. The van der Waals surface area contributed by atoms with E-state index in [1.54, 1.807) is 21.8 Å². The number of nitrogens with one attached hydrogen (secondary N) is 2. The highest BCUT2D eigenvalue weighted by Gasteiger charge is 2.38. The third kappa shape index (κ3) is 4.57. The fraction of sp³-hybridized carbons (Fsp3) is 0.269. The van der Waals surface area contributed by atoms with Gasteiger partial charge in [0.1, 0.15) is 5.78 Å². The van der Waals surface area contributed by atoms with Gasteiger partial charge in [-0.25, -0.2) is 4.79 Å². The average Bonchev–Trinajstić information content (AvgIpc) is 3.41. The number of hydrogen-bond acceptors (Lipinski definition) is 5. The van der Waals surface area contributed by atoms with Gasteiger partial charge in [-0.15, -0.1) is 0 Å². The van der Waals surface area contributed by atoms with Crippen LogP contribution >= 0.6 is 0 Å². The lowest BCUT2D eigenvalue weighted by Crippen LogP contribution is -2.44. The number of hydrogen-bond donors (Lipinski definition) is 2. The molecule has 9 nitrogen and oxygen atoms in total. The van der Waals surface area contributed by atoms with Crippen molar-refractivity contribution in [3.63, 3.8) is 0 Å². The Morgan fingerprint density at radius 3 is 2.74 bits per heavy atom. The Labute approximate surface area is 202 Å². The van der Waals surface area contributed by atoms with Gasteiger partial charge in [0.2, 0.25) is 0 Å². The maximum absolute atomic E-state index is 13.0. The van der Waals surface area contributed by atoms with E-state index >= 15 is 0 Å². The van der Waals surface area contributed by atoms with Crippen molar-refractivity contribution in [1.29, 1.82) is 0 Å². The second-order valence-corrected chi connectivity index (χ2v) is 8.89. The number of anilines is 1. The summed E-state index contributed by atoms with van der Waals surface area (Å²) in [4.78, 5) is 50.9. The first-order valence-corrected chi connectivity index (χ1v) is 11.5. The second kappa shape index (κ2) is 9.17. The molecule has 178 valence electrons. The van der Waals surface area contributed by atoms with E-state index in [2.05, 4.69) is 15.7 Å². The molecule has 2 heterocycles. The van der Waals surface area contributed by atoms with E-state index in [-0.39, 0.29) is 36.5 Å². The number of aryl methyl sites for hydroxylation is 1. The molecule has 1 atom stereocenters. The number of rotatable bonds is 5. The maximum Gasteiger partial charge on any atom is 0.319 e. The van der Waals surface area contributed by atoms with Crippen LogP contribution in [0.5, 0.6) is 0 Å². The first-order valence-electron chi connectivity index (χ1n) is 11.5. The van der Waals surface area contributed by atoms with Crippen LogP contribution in [0.15, 0.2) is 54.7 Å². The molecule has 3 aromatic rings. The lowest BCUT2D eigenvalue weighted by molar-refractivity contribution is -0.133. The summed E-state index contributed by atoms with van der Waals surface area (Å²) >= 11 is 0. The van der Waals surface area contributed by atoms with Gasteiger partial charge in [-0.05, 0) is 41.8 Å². The van der Waals surface area contributed by atoms with Crippen LogP contribution in [0.4, 0.5) is 10.5 Å². The van der Waals surface area contributed by atoms with Crippen LogP contribution < -0.4 is 10.6 Å². The van der Waals surface area contributed by atoms with Crippen LogP contribution in [-0.4, -0.2) is 44.2 Å². The predicted octanol–water partition coefficient (Wildman–Crippen LogP) is 3.06. The van der Waals surface area contributed by atoms with E-state index in [1.165, 1.54) is 0 Å². The molecule has 1 unspecified atom stereocenters. The van der Waals surface area contributed by atoms with Gasteiger partial charge in [0.15, 0.2) is 5.78 Å². The Bertz CT molecular complexity index is 1350. The number of aromatic nitrogens is 2. The van der Waals surface area contributed by atoms with E-state index in [4.69, 9.17) is 0 Å². The molecule has 2 aromatic carbocycles. The summed E-state index contributed by atoms with van der Waals surface area (Å²) in [6, 6.07) is 14.0. The van der Waals surface area contributed by atoms with Crippen molar-refractivity contribution in [2.45, 2.75) is 38.4 Å². The highest BCUT2D eigenvalue weighted by molar-refractivity contribution is 6.07. The van der Waals surface area contributed by atoms with Crippen molar-refractivity contribution in [3.8, 4) is 11.3 Å². The van der Waals surface area contributed by atoms with Gasteiger partial charge >= 0.3 is 6.03 Å².